The van der Waals surface area contributed by atoms with E-state index in [0.29, 0.717) is 4.88 Å². The second-order valence-corrected chi connectivity index (χ2v) is 4.98. The van der Waals surface area contributed by atoms with Crippen LogP contribution in [-0.2, 0) is 6.54 Å². The van der Waals surface area contributed by atoms with E-state index in [-0.39, 0.29) is 24.6 Å². The van der Waals surface area contributed by atoms with Crippen LogP contribution >= 0.6 is 11.3 Å². The highest BCUT2D eigenvalue weighted by Crippen LogP contribution is 2.07. The molecule has 1 unspecified atom stereocenters. The fraction of sp³-hybridized carbons (Fsp3) is 0.231. The Bertz CT molecular complexity index is 592. The molecule has 0 aliphatic heterocycles. The molecule has 2 aromatic heterocycles. The maximum absolute atomic E-state index is 11.6. The van der Waals surface area contributed by atoms with Crippen LogP contribution in [-0.4, -0.2) is 28.2 Å². The number of pyridine rings is 1. The van der Waals surface area contributed by atoms with E-state index in [1.165, 1.54) is 22.0 Å². The lowest BCUT2D eigenvalue weighted by atomic mass is 10.3. The predicted molar refractivity (Wildman–Crippen MR) is 73.4 cm³/mol. The van der Waals surface area contributed by atoms with E-state index in [4.69, 9.17) is 0 Å². The summed E-state index contributed by atoms with van der Waals surface area (Å²) in [6.07, 6.45) is 0.802. The number of aromatic nitrogens is 1. The van der Waals surface area contributed by atoms with Gasteiger partial charge in [-0.25, -0.2) is 0 Å². The van der Waals surface area contributed by atoms with Crippen molar-refractivity contribution < 1.29 is 9.90 Å². The van der Waals surface area contributed by atoms with Crippen LogP contribution in [0.25, 0.3) is 0 Å². The molecular formula is C13H14N2O3S. The van der Waals surface area contributed by atoms with Crippen LogP contribution in [0.5, 0.6) is 0 Å². The smallest absolute Gasteiger partial charge is 0.261 e. The molecule has 2 N–H and O–H groups in total. The van der Waals surface area contributed by atoms with Crippen LogP contribution in [0.2, 0.25) is 0 Å². The van der Waals surface area contributed by atoms with Gasteiger partial charge in [0.05, 0.1) is 17.5 Å². The topological polar surface area (TPSA) is 71.3 Å². The van der Waals surface area contributed by atoms with Gasteiger partial charge in [0.25, 0.3) is 11.5 Å². The first-order chi connectivity index (χ1) is 9.16. The van der Waals surface area contributed by atoms with Crippen LogP contribution in [0.1, 0.15) is 9.67 Å². The molecule has 0 aliphatic rings. The lowest BCUT2D eigenvalue weighted by molar-refractivity contribution is 0.0907. The third-order valence-corrected chi connectivity index (χ3v) is 3.42. The average molecular weight is 278 g/mol. The Morgan fingerprint density at radius 3 is 2.89 bits per heavy atom. The molecule has 2 aromatic rings. The highest BCUT2D eigenvalue weighted by molar-refractivity contribution is 7.12. The molecule has 1 amide bonds. The van der Waals surface area contributed by atoms with E-state index < -0.39 is 6.10 Å². The summed E-state index contributed by atoms with van der Waals surface area (Å²) in [5.41, 5.74) is -0.175. The summed E-state index contributed by atoms with van der Waals surface area (Å²) >= 11 is 1.34. The molecule has 0 radical (unpaired) electrons. The molecule has 6 heteroatoms. The van der Waals surface area contributed by atoms with Gasteiger partial charge in [0, 0.05) is 18.8 Å². The van der Waals surface area contributed by atoms with E-state index in [2.05, 4.69) is 5.32 Å². The number of aliphatic hydroxyl groups is 1. The Labute approximate surface area is 114 Å². The minimum Gasteiger partial charge on any atom is -0.389 e. The number of aliphatic hydroxyl groups excluding tert-OH is 1. The fourth-order valence-corrected chi connectivity index (χ4v) is 2.25. The van der Waals surface area contributed by atoms with Crippen molar-refractivity contribution in [1.82, 2.24) is 9.88 Å². The molecule has 5 nitrogen and oxygen atoms in total. The normalized spacial score (nSPS) is 12.1. The number of hydrogen-bond donors (Lipinski definition) is 2. The van der Waals surface area contributed by atoms with Crippen LogP contribution in [0, 0.1) is 0 Å². The minimum absolute atomic E-state index is 0.109. The molecule has 1 atom stereocenters. The highest BCUT2D eigenvalue weighted by Gasteiger charge is 2.10. The summed E-state index contributed by atoms with van der Waals surface area (Å²) < 4.78 is 1.40. The number of rotatable bonds is 5. The maximum Gasteiger partial charge on any atom is 0.261 e. The molecule has 100 valence electrons. The number of hydrogen-bond acceptors (Lipinski definition) is 4. The summed E-state index contributed by atoms with van der Waals surface area (Å²) in [7, 11) is 0. The van der Waals surface area contributed by atoms with Crippen molar-refractivity contribution in [2.45, 2.75) is 12.6 Å². The molecule has 0 spiro atoms. The molecule has 19 heavy (non-hydrogen) atoms. The molecule has 0 fully saturated rings. The number of carbonyl (C=O) groups excluding carboxylic acids is 1. The number of thiophene rings is 1. The van der Waals surface area contributed by atoms with Crippen molar-refractivity contribution in [2.75, 3.05) is 6.54 Å². The average Bonchev–Trinajstić information content (AvgIpc) is 2.93. The van der Waals surface area contributed by atoms with Crippen LogP contribution in [0.4, 0.5) is 0 Å². The van der Waals surface area contributed by atoms with Crippen molar-refractivity contribution in [3.8, 4) is 0 Å². The van der Waals surface area contributed by atoms with Gasteiger partial charge >= 0.3 is 0 Å². The summed E-state index contributed by atoms with van der Waals surface area (Å²) in [6.45, 7) is 0.266. The summed E-state index contributed by atoms with van der Waals surface area (Å²) in [4.78, 5) is 23.7. The Kier molecular flexibility index (Phi) is 4.48. The van der Waals surface area contributed by atoms with Gasteiger partial charge in [0.15, 0.2) is 0 Å². The van der Waals surface area contributed by atoms with Gasteiger partial charge in [-0.2, -0.15) is 0 Å². The monoisotopic (exact) mass is 278 g/mol. The van der Waals surface area contributed by atoms with Gasteiger partial charge in [0.2, 0.25) is 0 Å². The highest BCUT2D eigenvalue weighted by atomic mass is 32.1. The van der Waals surface area contributed by atoms with E-state index in [1.54, 1.807) is 30.5 Å². The molecule has 2 rings (SSSR count). The molecule has 0 saturated carbocycles. The predicted octanol–water partition coefficient (Wildman–Crippen LogP) is 0.701. The van der Waals surface area contributed by atoms with Crippen molar-refractivity contribution in [3.63, 3.8) is 0 Å². The number of nitrogens with zero attached hydrogens (tertiary/aromatic N) is 1. The van der Waals surface area contributed by atoms with E-state index in [0.717, 1.165) is 0 Å². The molecule has 0 bridgehead atoms. The maximum atomic E-state index is 11.6. The van der Waals surface area contributed by atoms with Crippen LogP contribution in [0.15, 0.2) is 46.7 Å². The van der Waals surface area contributed by atoms with Gasteiger partial charge in [-0.15, -0.1) is 11.3 Å². The first kappa shape index (κ1) is 13.5. The lowest BCUT2D eigenvalue weighted by Gasteiger charge is -2.13. The molecule has 2 heterocycles. The Balaban J connectivity index is 1.85. The third-order valence-electron chi connectivity index (χ3n) is 2.55. The van der Waals surface area contributed by atoms with Gasteiger partial charge < -0.3 is 15.0 Å². The fourth-order valence-electron chi connectivity index (χ4n) is 1.61. The SMILES string of the molecule is O=C(NCC(O)Cn1ccccc1=O)c1cccs1. The van der Waals surface area contributed by atoms with Crippen molar-refractivity contribution in [2.24, 2.45) is 0 Å². The second kappa shape index (κ2) is 6.31. The molecule has 0 saturated heterocycles. The van der Waals surface area contributed by atoms with Gasteiger partial charge in [0.1, 0.15) is 0 Å². The van der Waals surface area contributed by atoms with E-state index >= 15 is 0 Å². The van der Waals surface area contributed by atoms with Crippen molar-refractivity contribution in [3.05, 3.63) is 57.1 Å². The summed E-state index contributed by atoms with van der Waals surface area (Å²) in [5, 5.41) is 14.2. The number of nitrogens with one attached hydrogen (secondary N) is 1. The Morgan fingerprint density at radius 2 is 2.21 bits per heavy atom. The Morgan fingerprint density at radius 1 is 1.37 bits per heavy atom. The van der Waals surface area contributed by atoms with Crippen LogP contribution < -0.4 is 10.9 Å². The van der Waals surface area contributed by atoms with Crippen molar-refractivity contribution in [1.29, 1.82) is 0 Å². The van der Waals surface area contributed by atoms with E-state index in [9.17, 15) is 14.7 Å². The standard InChI is InChI=1S/C13H14N2O3S/c16-10(9-15-6-2-1-5-12(15)17)8-14-13(18)11-4-3-7-19-11/h1-7,10,16H,8-9H2,(H,14,18). The second-order valence-electron chi connectivity index (χ2n) is 4.03. The zero-order chi connectivity index (χ0) is 13.7. The summed E-state index contributed by atoms with van der Waals surface area (Å²) in [6, 6.07) is 8.30. The first-order valence-electron chi connectivity index (χ1n) is 5.82. The van der Waals surface area contributed by atoms with Gasteiger partial charge in [-0.05, 0) is 17.5 Å². The molecule has 0 aromatic carbocycles. The zero-order valence-corrected chi connectivity index (χ0v) is 11.0. The minimum atomic E-state index is -0.802. The molecule has 0 aliphatic carbocycles. The molecular weight excluding hydrogens is 264 g/mol. The lowest BCUT2D eigenvalue weighted by Crippen LogP contribution is -2.36. The quantitative estimate of drug-likeness (QED) is 0.845. The van der Waals surface area contributed by atoms with Gasteiger partial charge in [-0.1, -0.05) is 12.1 Å². The zero-order valence-electron chi connectivity index (χ0n) is 10.2. The third kappa shape index (κ3) is 3.77. The van der Waals surface area contributed by atoms with E-state index in [1.807, 2.05) is 5.38 Å². The first-order valence-corrected chi connectivity index (χ1v) is 6.70. The van der Waals surface area contributed by atoms with Crippen LogP contribution in [0.3, 0.4) is 0 Å². The largest absolute Gasteiger partial charge is 0.389 e. The number of carbonyl (C=O) groups is 1. The Hall–Kier alpha value is -1.92. The summed E-state index contributed by atoms with van der Waals surface area (Å²) in [5.74, 6) is -0.213. The van der Waals surface area contributed by atoms with Crippen molar-refractivity contribution >= 4 is 17.2 Å². The van der Waals surface area contributed by atoms with Gasteiger partial charge in [-0.3, -0.25) is 9.59 Å². The number of amides is 1.